The summed E-state index contributed by atoms with van der Waals surface area (Å²) in [7, 11) is 0. The first-order chi connectivity index (χ1) is 10.3. The van der Waals surface area contributed by atoms with Gasteiger partial charge in [0.25, 0.3) is 5.89 Å². The first kappa shape index (κ1) is 13.5. The van der Waals surface area contributed by atoms with Gasteiger partial charge in [0.2, 0.25) is 5.82 Å². The second-order valence-electron chi connectivity index (χ2n) is 4.67. The Morgan fingerprint density at radius 3 is 2.62 bits per heavy atom. The van der Waals surface area contributed by atoms with Crippen LogP contribution in [-0.4, -0.2) is 16.7 Å². The summed E-state index contributed by atoms with van der Waals surface area (Å²) in [5.74, 6) is 0.583. The summed E-state index contributed by atoms with van der Waals surface area (Å²) in [5.41, 5.74) is 8.24. The van der Waals surface area contributed by atoms with Crippen LogP contribution in [0.25, 0.3) is 22.8 Å². The van der Waals surface area contributed by atoms with Gasteiger partial charge in [-0.2, -0.15) is 4.98 Å². The molecule has 0 fully saturated rings. The standard InChI is InChI=1S/C16H14FN3O/c17-14-6-4-12(5-7-14)15-19-16(21-20-15)13-3-1-2-11(10-13)8-9-18/h1-7,10H,8-9,18H2. The summed E-state index contributed by atoms with van der Waals surface area (Å²) in [5, 5.41) is 3.93. The van der Waals surface area contributed by atoms with Crippen molar-refractivity contribution in [3.63, 3.8) is 0 Å². The van der Waals surface area contributed by atoms with Gasteiger partial charge >= 0.3 is 0 Å². The highest BCUT2D eigenvalue weighted by molar-refractivity contribution is 5.60. The zero-order valence-corrected chi connectivity index (χ0v) is 11.3. The van der Waals surface area contributed by atoms with Gasteiger partial charge < -0.3 is 10.3 Å². The molecule has 3 aromatic rings. The maximum Gasteiger partial charge on any atom is 0.258 e. The number of hydrogen-bond donors (Lipinski definition) is 1. The van der Waals surface area contributed by atoms with Gasteiger partial charge in [-0.1, -0.05) is 17.3 Å². The molecule has 0 unspecified atom stereocenters. The zero-order valence-electron chi connectivity index (χ0n) is 11.3. The number of halogens is 1. The predicted molar refractivity (Wildman–Crippen MR) is 77.9 cm³/mol. The lowest BCUT2D eigenvalue weighted by Gasteiger charge is -2.00. The SMILES string of the molecule is NCCc1cccc(-c2nc(-c3ccc(F)cc3)no2)c1. The first-order valence-electron chi connectivity index (χ1n) is 6.65. The van der Waals surface area contributed by atoms with E-state index >= 15 is 0 Å². The fourth-order valence-electron chi connectivity index (χ4n) is 2.08. The Bertz CT molecular complexity index is 737. The lowest BCUT2D eigenvalue weighted by molar-refractivity contribution is 0.432. The van der Waals surface area contributed by atoms with Crippen molar-refractivity contribution in [1.82, 2.24) is 10.1 Å². The molecular formula is C16H14FN3O. The van der Waals surface area contributed by atoms with Crippen molar-refractivity contribution in [2.45, 2.75) is 6.42 Å². The highest BCUT2D eigenvalue weighted by Gasteiger charge is 2.11. The summed E-state index contributed by atoms with van der Waals surface area (Å²) in [6.07, 6.45) is 0.798. The fourth-order valence-corrected chi connectivity index (χ4v) is 2.08. The summed E-state index contributed by atoms with van der Waals surface area (Å²) in [6, 6.07) is 13.8. The third-order valence-corrected chi connectivity index (χ3v) is 3.14. The number of rotatable bonds is 4. The molecule has 0 aliphatic rings. The molecule has 0 radical (unpaired) electrons. The highest BCUT2D eigenvalue weighted by Crippen LogP contribution is 2.23. The number of nitrogens with two attached hydrogens (primary N) is 1. The molecule has 106 valence electrons. The van der Waals surface area contributed by atoms with Crippen molar-refractivity contribution in [2.24, 2.45) is 5.73 Å². The van der Waals surface area contributed by atoms with E-state index in [0.717, 1.165) is 17.5 Å². The molecule has 3 rings (SSSR count). The Morgan fingerprint density at radius 2 is 1.86 bits per heavy atom. The monoisotopic (exact) mass is 283 g/mol. The van der Waals surface area contributed by atoms with Crippen LogP contribution in [0.2, 0.25) is 0 Å². The van der Waals surface area contributed by atoms with E-state index in [4.69, 9.17) is 10.3 Å². The second-order valence-corrected chi connectivity index (χ2v) is 4.67. The van der Waals surface area contributed by atoms with E-state index in [-0.39, 0.29) is 5.82 Å². The highest BCUT2D eigenvalue weighted by atomic mass is 19.1. The van der Waals surface area contributed by atoms with Crippen molar-refractivity contribution in [3.05, 3.63) is 59.9 Å². The van der Waals surface area contributed by atoms with Gasteiger partial charge in [-0.15, -0.1) is 0 Å². The molecule has 0 bridgehead atoms. The van der Waals surface area contributed by atoms with Crippen LogP contribution < -0.4 is 5.73 Å². The average molecular weight is 283 g/mol. The maximum atomic E-state index is 12.9. The lowest BCUT2D eigenvalue weighted by atomic mass is 10.1. The summed E-state index contributed by atoms with van der Waals surface area (Å²) >= 11 is 0. The maximum absolute atomic E-state index is 12.9. The molecule has 0 saturated carbocycles. The molecule has 21 heavy (non-hydrogen) atoms. The molecule has 5 heteroatoms. The fraction of sp³-hybridized carbons (Fsp3) is 0.125. The van der Waals surface area contributed by atoms with E-state index < -0.39 is 0 Å². The Balaban J connectivity index is 1.91. The van der Waals surface area contributed by atoms with Crippen molar-refractivity contribution < 1.29 is 8.91 Å². The Hall–Kier alpha value is -2.53. The average Bonchev–Trinajstić information content (AvgIpc) is 2.98. The van der Waals surface area contributed by atoms with Crippen molar-refractivity contribution in [3.8, 4) is 22.8 Å². The minimum absolute atomic E-state index is 0.294. The van der Waals surface area contributed by atoms with Crippen LogP contribution in [0.3, 0.4) is 0 Å². The summed E-state index contributed by atoms with van der Waals surface area (Å²) in [6.45, 7) is 0.591. The Labute approximate surface area is 121 Å². The minimum atomic E-state index is -0.294. The van der Waals surface area contributed by atoms with Gasteiger partial charge in [-0.25, -0.2) is 4.39 Å². The second kappa shape index (κ2) is 5.85. The van der Waals surface area contributed by atoms with E-state index in [9.17, 15) is 4.39 Å². The predicted octanol–water partition coefficient (Wildman–Crippen LogP) is 3.04. The zero-order chi connectivity index (χ0) is 14.7. The molecule has 1 heterocycles. The van der Waals surface area contributed by atoms with Crippen LogP contribution in [0.15, 0.2) is 53.1 Å². The van der Waals surface area contributed by atoms with Crippen LogP contribution >= 0.6 is 0 Å². The molecule has 4 nitrogen and oxygen atoms in total. The van der Waals surface area contributed by atoms with Crippen molar-refractivity contribution in [2.75, 3.05) is 6.54 Å². The Morgan fingerprint density at radius 1 is 1.05 bits per heavy atom. The number of benzene rings is 2. The van der Waals surface area contributed by atoms with Crippen LogP contribution in [-0.2, 0) is 6.42 Å². The van der Waals surface area contributed by atoms with E-state index in [2.05, 4.69) is 10.1 Å². The molecule has 0 saturated heterocycles. The largest absolute Gasteiger partial charge is 0.334 e. The molecule has 0 aliphatic carbocycles. The minimum Gasteiger partial charge on any atom is -0.334 e. The summed E-state index contributed by atoms with van der Waals surface area (Å²) in [4.78, 5) is 4.35. The molecule has 1 aromatic heterocycles. The topological polar surface area (TPSA) is 64.9 Å². The van der Waals surface area contributed by atoms with Crippen molar-refractivity contribution >= 4 is 0 Å². The van der Waals surface area contributed by atoms with Crippen LogP contribution in [0.5, 0.6) is 0 Å². The normalized spacial score (nSPS) is 10.8. The van der Waals surface area contributed by atoms with Crippen LogP contribution in [0, 0.1) is 5.82 Å². The molecule has 0 atom stereocenters. The van der Waals surface area contributed by atoms with E-state index in [0.29, 0.717) is 23.8 Å². The molecular weight excluding hydrogens is 269 g/mol. The van der Waals surface area contributed by atoms with Crippen LogP contribution in [0.4, 0.5) is 4.39 Å². The lowest BCUT2D eigenvalue weighted by Crippen LogP contribution is -2.02. The molecule has 2 aromatic carbocycles. The van der Waals surface area contributed by atoms with E-state index in [1.54, 1.807) is 12.1 Å². The van der Waals surface area contributed by atoms with Crippen LogP contribution in [0.1, 0.15) is 5.56 Å². The first-order valence-corrected chi connectivity index (χ1v) is 6.65. The van der Waals surface area contributed by atoms with Gasteiger partial charge in [-0.05, 0) is 54.9 Å². The van der Waals surface area contributed by atoms with E-state index in [1.807, 2.05) is 24.3 Å². The third kappa shape index (κ3) is 2.98. The number of hydrogen-bond acceptors (Lipinski definition) is 4. The molecule has 2 N–H and O–H groups in total. The van der Waals surface area contributed by atoms with E-state index in [1.165, 1.54) is 12.1 Å². The molecule has 0 amide bonds. The van der Waals surface area contributed by atoms with Gasteiger partial charge in [0.1, 0.15) is 5.82 Å². The van der Waals surface area contributed by atoms with Gasteiger partial charge in [0, 0.05) is 11.1 Å². The molecule has 0 aliphatic heterocycles. The van der Waals surface area contributed by atoms with Gasteiger partial charge in [0.15, 0.2) is 0 Å². The third-order valence-electron chi connectivity index (χ3n) is 3.14. The quantitative estimate of drug-likeness (QED) is 0.799. The number of nitrogens with zero attached hydrogens (tertiary/aromatic N) is 2. The smallest absolute Gasteiger partial charge is 0.258 e. The number of aromatic nitrogens is 2. The van der Waals surface area contributed by atoms with Crippen molar-refractivity contribution in [1.29, 1.82) is 0 Å². The summed E-state index contributed by atoms with van der Waals surface area (Å²) < 4.78 is 18.2. The van der Waals surface area contributed by atoms with Gasteiger partial charge in [-0.3, -0.25) is 0 Å². The molecule has 0 spiro atoms. The van der Waals surface area contributed by atoms with Gasteiger partial charge in [0.05, 0.1) is 0 Å². The Kier molecular flexibility index (Phi) is 3.75.